The van der Waals surface area contributed by atoms with E-state index in [1.807, 2.05) is 26.0 Å². The average Bonchev–Trinajstić information content (AvgIpc) is 2.23. The number of benzene rings is 1. The Kier molecular flexibility index (Phi) is 4.53. The molecule has 0 radical (unpaired) electrons. The van der Waals surface area contributed by atoms with Gasteiger partial charge in [-0.2, -0.15) is 5.26 Å². The Balaban J connectivity index is 2.90. The third kappa shape index (κ3) is 3.47. The molecule has 4 heteroatoms. The Morgan fingerprint density at radius 3 is 2.71 bits per heavy atom. The monoisotopic (exact) mass is 250 g/mol. The second-order valence-corrected chi connectivity index (χ2v) is 4.60. The summed E-state index contributed by atoms with van der Waals surface area (Å²) in [6.07, 6.45) is 0.203. The molecule has 3 nitrogen and oxygen atoms in total. The molecule has 0 bridgehead atoms. The summed E-state index contributed by atoms with van der Waals surface area (Å²) in [5.41, 5.74) is 2.61. The largest absolute Gasteiger partial charge is 0.324 e. The first-order valence-electron chi connectivity index (χ1n) is 5.40. The Hall–Kier alpha value is -1.53. The molecule has 1 atom stereocenters. The van der Waals surface area contributed by atoms with Gasteiger partial charge in [0.2, 0.25) is 5.91 Å². The number of hydrogen-bond acceptors (Lipinski definition) is 2. The molecule has 90 valence electrons. The van der Waals surface area contributed by atoms with E-state index in [-0.39, 0.29) is 18.2 Å². The molecule has 0 saturated carbocycles. The van der Waals surface area contributed by atoms with Crippen LogP contribution in [0.5, 0.6) is 0 Å². The minimum Gasteiger partial charge on any atom is -0.324 e. The molecule has 17 heavy (non-hydrogen) atoms. The molecular weight excluding hydrogens is 236 g/mol. The number of aryl methyl sites for hydroxylation is 2. The van der Waals surface area contributed by atoms with E-state index < -0.39 is 0 Å². The fourth-order valence-electron chi connectivity index (χ4n) is 1.55. The fourth-order valence-corrected chi connectivity index (χ4v) is 1.92. The Bertz CT molecular complexity index is 454. The molecule has 1 unspecified atom stereocenters. The van der Waals surface area contributed by atoms with Gasteiger partial charge < -0.3 is 5.32 Å². The van der Waals surface area contributed by atoms with Crippen LogP contribution in [0.25, 0.3) is 0 Å². The van der Waals surface area contributed by atoms with Crippen LogP contribution >= 0.6 is 11.6 Å². The van der Waals surface area contributed by atoms with E-state index in [1.54, 1.807) is 13.0 Å². The number of anilines is 1. The number of rotatable bonds is 3. The van der Waals surface area contributed by atoms with Crippen molar-refractivity contribution in [2.24, 2.45) is 5.92 Å². The zero-order valence-electron chi connectivity index (χ0n) is 10.2. The van der Waals surface area contributed by atoms with Gasteiger partial charge in [0.05, 0.1) is 16.8 Å². The van der Waals surface area contributed by atoms with Crippen molar-refractivity contribution >= 4 is 23.2 Å². The van der Waals surface area contributed by atoms with Crippen LogP contribution in [0.2, 0.25) is 5.02 Å². The van der Waals surface area contributed by atoms with E-state index in [0.717, 1.165) is 11.1 Å². The first kappa shape index (κ1) is 13.5. The van der Waals surface area contributed by atoms with Crippen LogP contribution in [-0.2, 0) is 4.79 Å². The number of nitrogens with zero attached hydrogens (tertiary/aromatic N) is 1. The van der Waals surface area contributed by atoms with Gasteiger partial charge in [0.15, 0.2) is 0 Å². The van der Waals surface area contributed by atoms with E-state index in [4.69, 9.17) is 16.9 Å². The molecule has 0 spiro atoms. The van der Waals surface area contributed by atoms with E-state index in [2.05, 4.69) is 5.32 Å². The zero-order valence-corrected chi connectivity index (χ0v) is 10.9. The van der Waals surface area contributed by atoms with E-state index in [1.165, 1.54) is 0 Å². The van der Waals surface area contributed by atoms with Crippen molar-refractivity contribution in [3.63, 3.8) is 0 Å². The highest BCUT2D eigenvalue weighted by molar-refractivity contribution is 6.34. The number of halogens is 1. The summed E-state index contributed by atoms with van der Waals surface area (Å²) in [5.74, 6) is -0.517. The van der Waals surface area contributed by atoms with Crippen LogP contribution in [0.15, 0.2) is 12.1 Å². The van der Waals surface area contributed by atoms with Gasteiger partial charge >= 0.3 is 0 Å². The van der Waals surface area contributed by atoms with Crippen LogP contribution in [0.3, 0.4) is 0 Å². The molecule has 1 amide bonds. The fraction of sp³-hybridized carbons (Fsp3) is 0.385. The first-order valence-corrected chi connectivity index (χ1v) is 5.78. The van der Waals surface area contributed by atoms with Crippen LogP contribution < -0.4 is 5.32 Å². The van der Waals surface area contributed by atoms with E-state index in [0.29, 0.717) is 10.7 Å². The molecule has 1 rings (SSSR count). The molecule has 1 aromatic rings. The second kappa shape index (κ2) is 5.70. The maximum Gasteiger partial charge on any atom is 0.228 e. The summed E-state index contributed by atoms with van der Waals surface area (Å²) < 4.78 is 0. The normalized spacial score (nSPS) is 11.7. The summed E-state index contributed by atoms with van der Waals surface area (Å²) >= 11 is 6.08. The van der Waals surface area contributed by atoms with Gasteiger partial charge in [0.25, 0.3) is 0 Å². The van der Waals surface area contributed by atoms with E-state index in [9.17, 15) is 4.79 Å². The van der Waals surface area contributed by atoms with Gasteiger partial charge in [-0.1, -0.05) is 24.6 Å². The van der Waals surface area contributed by atoms with Crippen molar-refractivity contribution in [1.82, 2.24) is 0 Å². The summed E-state index contributed by atoms with van der Waals surface area (Å²) in [6, 6.07) is 5.74. The van der Waals surface area contributed by atoms with Gasteiger partial charge in [-0.25, -0.2) is 0 Å². The zero-order chi connectivity index (χ0) is 13.0. The van der Waals surface area contributed by atoms with E-state index >= 15 is 0 Å². The number of nitrogens with one attached hydrogen (secondary N) is 1. The van der Waals surface area contributed by atoms with Gasteiger partial charge in [0, 0.05) is 12.3 Å². The summed E-state index contributed by atoms with van der Waals surface area (Å²) in [4.78, 5) is 11.8. The van der Waals surface area contributed by atoms with Crippen molar-refractivity contribution in [2.45, 2.75) is 27.2 Å². The van der Waals surface area contributed by atoms with Gasteiger partial charge in [-0.05, 0) is 31.0 Å². The smallest absolute Gasteiger partial charge is 0.228 e. The van der Waals surface area contributed by atoms with Crippen LogP contribution in [0.1, 0.15) is 24.5 Å². The highest BCUT2D eigenvalue weighted by Gasteiger charge is 2.15. The van der Waals surface area contributed by atoms with Crippen molar-refractivity contribution in [3.8, 4) is 6.07 Å². The third-order valence-corrected chi connectivity index (χ3v) is 2.82. The SMILES string of the molecule is Cc1cc(C)c(NC(=O)C(C)CC#N)c(Cl)c1. The highest BCUT2D eigenvalue weighted by atomic mass is 35.5. The third-order valence-electron chi connectivity index (χ3n) is 2.52. The van der Waals surface area contributed by atoms with Crippen molar-refractivity contribution in [2.75, 3.05) is 5.32 Å². The topological polar surface area (TPSA) is 52.9 Å². The lowest BCUT2D eigenvalue weighted by molar-refractivity contribution is -0.119. The van der Waals surface area contributed by atoms with Crippen molar-refractivity contribution in [1.29, 1.82) is 5.26 Å². The molecule has 0 aliphatic heterocycles. The molecule has 1 N–H and O–H groups in total. The number of amides is 1. The van der Waals surface area contributed by atoms with Crippen molar-refractivity contribution < 1.29 is 4.79 Å². The maximum atomic E-state index is 11.8. The predicted molar refractivity (Wildman–Crippen MR) is 68.9 cm³/mol. The molecule has 0 aliphatic carbocycles. The van der Waals surface area contributed by atoms with Gasteiger partial charge in [-0.15, -0.1) is 0 Å². The van der Waals surface area contributed by atoms with Crippen LogP contribution in [-0.4, -0.2) is 5.91 Å². The molecule has 0 fully saturated rings. The second-order valence-electron chi connectivity index (χ2n) is 4.19. The van der Waals surface area contributed by atoms with Crippen LogP contribution in [0.4, 0.5) is 5.69 Å². The molecule has 0 heterocycles. The number of nitriles is 1. The Morgan fingerprint density at radius 1 is 1.53 bits per heavy atom. The summed E-state index contributed by atoms with van der Waals surface area (Å²) in [5, 5.41) is 11.8. The highest BCUT2D eigenvalue weighted by Crippen LogP contribution is 2.27. The number of carbonyl (C=O) groups excluding carboxylic acids is 1. The quantitative estimate of drug-likeness (QED) is 0.893. The predicted octanol–water partition coefficient (Wildman–Crippen LogP) is 3.45. The molecule has 0 aliphatic rings. The summed E-state index contributed by atoms with van der Waals surface area (Å²) in [6.45, 7) is 5.56. The minimum atomic E-state index is -0.336. The molecular formula is C13H15ClN2O. The minimum absolute atomic E-state index is 0.180. The van der Waals surface area contributed by atoms with Crippen LogP contribution in [0, 0.1) is 31.1 Å². The molecule has 0 saturated heterocycles. The number of hydrogen-bond donors (Lipinski definition) is 1. The van der Waals surface area contributed by atoms with Gasteiger partial charge in [0.1, 0.15) is 0 Å². The maximum absolute atomic E-state index is 11.8. The molecule has 0 aromatic heterocycles. The first-order chi connectivity index (χ1) is 7.95. The Morgan fingerprint density at radius 2 is 2.18 bits per heavy atom. The van der Waals surface area contributed by atoms with Crippen molar-refractivity contribution in [3.05, 3.63) is 28.3 Å². The lowest BCUT2D eigenvalue weighted by Crippen LogP contribution is -2.20. The number of carbonyl (C=O) groups is 1. The Labute approximate surface area is 106 Å². The molecule has 1 aromatic carbocycles. The van der Waals surface area contributed by atoms with Gasteiger partial charge in [-0.3, -0.25) is 4.79 Å². The average molecular weight is 251 g/mol. The lowest BCUT2D eigenvalue weighted by Gasteiger charge is -2.13. The standard InChI is InChI=1S/C13H15ClN2O/c1-8-6-10(3)12(11(14)7-8)16-13(17)9(2)4-5-15/h6-7,9H,4H2,1-3H3,(H,16,17). The lowest BCUT2D eigenvalue weighted by atomic mass is 10.1. The summed E-state index contributed by atoms with van der Waals surface area (Å²) in [7, 11) is 0.